The van der Waals surface area contributed by atoms with Crippen molar-refractivity contribution in [3.63, 3.8) is 0 Å². The summed E-state index contributed by atoms with van der Waals surface area (Å²) in [7, 11) is 0. The molecule has 0 spiro atoms. The molecular weight excluding hydrogens is 344 g/mol. The number of hydrogen-bond acceptors (Lipinski definition) is 5. The van der Waals surface area contributed by atoms with E-state index in [1.807, 2.05) is 30.3 Å². The normalized spacial score (nSPS) is 11.4. The first kappa shape index (κ1) is 18.6. The lowest BCUT2D eigenvalue weighted by atomic mass is 9.98. The summed E-state index contributed by atoms with van der Waals surface area (Å²) in [6, 6.07) is 15.0. The molecule has 0 aliphatic heterocycles. The van der Waals surface area contributed by atoms with Crippen LogP contribution in [0.5, 0.6) is 5.75 Å². The summed E-state index contributed by atoms with van der Waals surface area (Å²) >= 11 is 0. The number of aromatic nitrogens is 2. The van der Waals surface area contributed by atoms with Crippen LogP contribution in [0.3, 0.4) is 0 Å². The highest BCUT2D eigenvalue weighted by Gasteiger charge is 2.23. The predicted octanol–water partition coefficient (Wildman–Crippen LogP) is 3.52. The molecule has 0 fully saturated rings. The second-order valence-electron chi connectivity index (χ2n) is 7.28. The van der Waals surface area contributed by atoms with Gasteiger partial charge in [0.1, 0.15) is 18.7 Å². The van der Waals surface area contributed by atoms with Gasteiger partial charge in [-0.25, -0.2) is 4.98 Å². The van der Waals surface area contributed by atoms with Crippen molar-refractivity contribution in [2.45, 2.75) is 34.1 Å². The van der Waals surface area contributed by atoms with Crippen molar-refractivity contribution < 1.29 is 14.3 Å². The van der Waals surface area contributed by atoms with Crippen molar-refractivity contribution in [3.05, 3.63) is 70.8 Å². The molecule has 140 valence electrons. The zero-order valence-corrected chi connectivity index (χ0v) is 15.6. The molecular formula is C21H22N2O4. The Labute approximate surface area is 157 Å². The van der Waals surface area contributed by atoms with E-state index in [2.05, 4.69) is 4.98 Å². The van der Waals surface area contributed by atoms with Crippen molar-refractivity contribution >= 4 is 16.9 Å². The minimum atomic E-state index is -0.626. The van der Waals surface area contributed by atoms with Gasteiger partial charge >= 0.3 is 5.97 Å². The summed E-state index contributed by atoms with van der Waals surface area (Å²) in [6.45, 7) is 5.55. The number of nitrogens with zero attached hydrogens (tertiary/aromatic N) is 2. The Morgan fingerprint density at radius 3 is 2.56 bits per heavy atom. The van der Waals surface area contributed by atoms with Gasteiger partial charge in [-0.3, -0.25) is 14.2 Å². The monoisotopic (exact) mass is 366 g/mol. The van der Waals surface area contributed by atoms with Crippen LogP contribution in [-0.2, 0) is 22.9 Å². The number of fused-ring (bicyclic) bond motifs is 1. The molecule has 0 aliphatic rings. The average molecular weight is 366 g/mol. The third kappa shape index (κ3) is 4.53. The maximum atomic E-state index is 12.6. The third-order valence-electron chi connectivity index (χ3n) is 3.99. The fourth-order valence-electron chi connectivity index (χ4n) is 2.41. The van der Waals surface area contributed by atoms with Crippen molar-refractivity contribution in [3.8, 4) is 5.75 Å². The van der Waals surface area contributed by atoms with Crippen LogP contribution >= 0.6 is 0 Å². The summed E-state index contributed by atoms with van der Waals surface area (Å²) in [5, 5.41) is 0.441. The number of hydrogen-bond donors (Lipinski definition) is 0. The Hall–Kier alpha value is -3.15. The molecule has 0 saturated heterocycles. The number of rotatable bonds is 5. The first-order valence-electron chi connectivity index (χ1n) is 8.68. The number of carbonyl (C=O) groups is 1. The lowest BCUT2D eigenvalue weighted by molar-refractivity contribution is -0.157. The molecule has 0 N–H and O–H groups in total. The Morgan fingerprint density at radius 2 is 1.85 bits per heavy atom. The summed E-state index contributed by atoms with van der Waals surface area (Å²) in [5.74, 6) is 0.259. The van der Waals surface area contributed by atoms with Gasteiger partial charge in [-0.1, -0.05) is 30.3 Å². The highest BCUT2D eigenvalue weighted by molar-refractivity contribution is 5.79. The average Bonchev–Trinajstić information content (AvgIpc) is 2.65. The van der Waals surface area contributed by atoms with Crippen LogP contribution in [0.2, 0.25) is 0 Å². The van der Waals surface area contributed by atoms with Crippen LogP contribution in [0.1, 0.15) is 26.3 Å². The molecule has 2 aromatic carbocycles. The number of ether oxygens (including phenoxy) is 2. The summed E-state index contributed by atoms with van der Waals surface area (Å²) < 4.78 is 12.2. The molecule has 0 saturated carbocycles. The maximum absolute atomic E-state index is 12.6. The molecule has 6 nitrogen and oxygen atoms in total. The van der Waals surface area contributed by atoms with Gasteiger partial charge in [-0.05, 0) is 38.5 Å². The molecule has 0 aliphatic carbocycles. The number of benzene rings is 2. The van der Waals surface area contributed by atoms with Crippen molar-refractivity contribution in [1.29, 1.82) is 0 Å². The van der Waals surface area contributed by atoms with E-state index < -0.39 is 5.41 Å². The first-order valence-corrected chi connectivity index (χ1v) is 8.68. The van der Waals surface area contributed by atoms with Crippen molar-refractivity contribution in [1.82, 2.24) is 9.55 Å². The van der Waals surface area contributed by atoms with Crippen LogP contribution in [0.4, 0.5) is 0 Å². The van der Waals surface area contributed by atoms with Crippen LogP contribution in [0.25, 0.3) is 10.9 Å². The van der Waals surface area contributed by atoms with E-state index in [9.17, 15) is 9.59 Å². The van der Waals surface area contributed by atoms with E-state index in [4.69, 9.17) is 9.47 Å². The van der Waals surface area contributed by atoms with Crippen LogP contribution in [0, 0.1) is 5.41 Å². The molecule has 0 unspecified atom stereocenters. The van der Waals surface area contributed by atoms with E-state index in [1.54, 1.807) is 39.0 Å². The van der Waals surface area contributed by atoms with E-state index in [0.29, 0.717) is 23.3 Å². The molecule has 0 bridgehead atoms. The lowest BCUT2D eigenvalue weighted by Gasteiger charge is -2.17. The van der Waals surface area contributed by atoms with Gasteiger partial charge in [-0.2, -0.15) is 0 Å². The Morgan fingerprint density at radius 1 is 1.11 bits per heavy atom. The smallest absolute Gasteiger partial charge is 0.312 e. The highest BCUT2D eigenvalue weighted by atomic mass is 16.5. The number of esters is 1. The lowest BCUT2D eigenvalue weighted by Crippen LogP contribution is -2.28. The molecule has 27 heavy (non-hydrogen) atoms. The second-order valence-corrected chi connectivity index (χ2v) is 7.28. The SMILES string of the molecule is CC(C)(C)C(=O)OCn1cnc2cc(OCc3ccccc3)ccc2c1=O. The Bertz CT molecular complexity index is 1000. The maximum Gasteiger partial charge on any atom is 0.312 e. The van der Waals surface area contributed by atoms with Gasteiger partial charge in [0.25, 0.3) is 5.56 Å². The minimum absolute atomic E-state index is 0.163. The van der Waals surface area contributed by atoms with Gasteiger partial charge in [0.05, 0.1) is 16.3 Å². The second kappa shape index (κ2) is 7.61. The molecule has 6 heteroatoms. The minimum Gasteiger partial charge on any atom is -0.489 e. The Kier molecular flexibility index (Phi) is 5.26. The molecule has 0 atom stereocenters. The van der Waals surface area contributed by atoms with E-state index >= 15 is 0 Å². The summed E-state index contributed by atoms with van der Waals surface area (Å²) in [5.41, 5.74) is 0.695. The largest absolute Gasteiger partial charge is 0.489 e. The fourth-order valence-corrected chi connectivity index (χ4v) is 2.41. The molecule has 1 heterocycles. The predicted molar refractivity (Wildman–Crippen MR) is 102 cm³/mol. The number of carbonyl (C=O) groups excluding carboxylic acids is 1. The van der Waals surface area contributed by atoms with Crippen LogP contribution in [0.15, 0.2) is 59.7 Å². The van der Waals surface area contributed by atoms with Gasteiger partial charge in [-0.15, -0.1) is 0 Å². The van der Waals surface area contributed by atoms with E-state index in [-0.39, 0.29) is 18.3 Å². The van der Waals surface area contributed by atoms with Crippen LogP contribution in [-0.4, -0.2) is 15.5 Å². The quantitative estimate of drug-likeness (QED) is 0.646. The first-order chi connectivity index (χ1) is 12.8. The molecule has 0 amide bonds. The van der Waals surface area contributed by atoms with Crippen molar-refractivity contribution in [2.75, 3.05) is 0 Å². The molecule has 3 aromatic rings. The van der Waals surface area contributed by atoms with Gasteiger partial charge in [0, 0.05) is 6.07 Å². The van der Waals surface area contributed by atoms with Gasteiger partial charge in [0.15, 0.2) is 6.73 Å². The summed E-state index contributed by atoms with van der Waals surface area (Å²) in [4.78, 5) is 28.7. The zero-order valence-electron chi connectivity index (χ0n) is 15.6. The van der Waals surface area contributed by atoms with E-state index in [1.165, 1.54) is 10.9 Å². The topological polar surface area (TPSA) is 70.4 Å². The van der Waals surface area contributed by atoms with Crippen molar-refractivity contribution in [2.24, 2.45) is 5.41 Å². The van der Waals surface area contributed by atoms with Gasteiger partial charge in [0.2, 0.25) is 0 Å². The van der Waals surface area contributed by atoms with Gasteiger partial charge < -0.3 is 9.47 Å². The fraction of sp³-hybridized carbons (Fsp3) is 0.286. The summed E-state index contributed by atoms with van der Waals surface area (Å²) in [6.07, 6.45) is 1.38. The van der Waals surface area contributed by atoms with Crippen LogP contribution < -0.4 is 10.3 Å². The standard InChI is InChI=1S/C21H22N2O4/c1-21(2,3)20(25)27-14-23-13-22-18-11-16(9-10-17(18)19(23)24)26-12-15-7-5-4-6-8-15/h4-11,13H,12,14H2,1-3H3. The Balaban J connectivity index is 1.75. The zero-order chi connectivity index (χ0) is 19.4. The third-order valence-corrected chi connectivity index (χ3v) is 3.99. The highest BCUT2D eigenvalue weighted by Crippen LogP contribution is 2.18. The van der Waals surface area contributed by atoms with E-state index in [0.717, 1.165) is 5.56 Å². The molecule has 0 radical (unpaired) electrons. The molecule has 1 aromatic heterocycles. The molecule has 3 rings (SSSR count).